The third-order valence-electron chi connectivity index (χ3n) is 5.16. The summed E-state index contributed by atoms with van der Waals surface area (Å²) >= 11 is 1.29. The standard InChI is InChI=1S/C20H21FN2O2S/c21-15-8-6-13(7-9-15)18(12-2-1-3-12)23-20(25)16-10-11-17(26-16)22-19(24)14-4-5-14/h6-12,14,18H,1-5H2,(H,22,24)(H,23,25). The maximum absolute atomic E-state index is 13.2. The molecular weight excluding hydrogens is 351 g/mol. The molecule has 0 spiro atoms. The Kier molecular flexibility index (Phi) is 4.76. The molecule has 4 nitrogen and oxygen atoms in total. The van der Waals surface area contributed by atoms with Gasteiger partial charge in [-0.25, -0.2) is 4.39 Å². The summed E-state index contributed by atoms with van der Waals surface area (Å²) < 4.78 is 13.2. The molecule has 2 aliphatic rings. The number of carbonyl (C=O) groups excluding carboxylic acids is 2. The first kappa shape index (κ1) is 17.2. The number of benzene rings is 1. The van der Waals surface area contributed by atoms with Crippen LogP contribution in [-0.4, -0.2) is 11.8 Å². The molecule has 0 bridgehead atoms. The van der Waals surface area contributed by atoms with Crippen LogP contribution in [0, 0.1) is 17.7 Å². The molecule has 1 aromatic heterocycles. The van der Waals surface area contributed by atoms with Crippen molar-refractivity contribution in [2.75, 3.05) is 5.32 Å². The summed E-state index contributed by atoms with van der Waals surface area (Å²) in [5.41, 5.74) is 0.934. The molecule has 1 unspecified atom stereocenters. The van der Waals surface area contributed by atoms with Crippen LogP contribution in [0.25, 0.3) is 0 Å². The highest BCUT2D eigenvalue weighted by Crippen LogP contribution is 2.38. The number of anilines is 1. The van der Waals surface area contributed by atoms with Crippen molar-refractivity contribution in [1.82, 2.24) is 5.32 Å². The van der Waals surface area contributed by atoms with Gasteiger partial charge in [-0.05, 0) is 61.4 Å². The Balaban J connectivity index is 1.45. The molecule has 1 aromatic carbocycles. The number of carbonyl (C=O) groups is 2. The second-order valence-corrected chi connectivity index (χ2v) is 8.20. The average molecular weight is 372 g/mol. The summed E-state index contributed by atoms with van der Waals surface area (Å²) in [6.07, 6.45) is 5.19. The van der Waals surface area contributed by atoms with E-state index in [2.05, 4.69) is 10.6 Å². The third-order valence-corrected chi connectivity index (χ3v) is 6.16. The van der Waals surface area contributed by atoms with Crippen LogP contribution < -0.4 is 10.6 Å². The number of nitrogens with one attached hydrogen (secondary N) is 2. The number of thiophene rings is 1. The fourth-order valence-corrected chi connectivity index (χ4v) is 4.04. The normalized spacial score (nSPS) is 18.0. The lowest BCUT2D eigenvalue weighted by Crippen LogP contribution is -2.35. The SMILES string of the molecule is O=C(NC(c1ccc(F)cc1)C1CCC1)c1ccc(NC(=O)C2CC2)s1. The lowest BCUT2D eigenvalue weighted by Gasteiger charge is -2.34. The van der Waals surface area contributed by atoms with E-state index < -0.39 is 0 Å². The molecule has 6 heteroatoms. The predicted octanol–water partition coefficient (Wildman–Crippen LogP) is 4.51. The Bertz CT molecular complexity index is 809. The van der Waals surface area contributed by atoms with Gasteiger partial charge in [0.05, 0.1) is 15.9 Å². The zero-order chi connectivity index (χ0) is 18.1. The van der Waals surface area contributed by atoms with Crippen LogP contribution >= 0.6 is 11.3 Å². The fraction of sp³-hybridized carbons (Fsp3) is 0.400. The highest BCUT2D eigenvalue weighted by molar-refractivity contribution is 7.18. The van der Waals surface area contributed by atoms with Gasteiger partial charge in [0.25, 0.3) is 5.91 Å². The highest BCUT2D eigenvalue weighted by atomic mass is 32.1. The summed E-state index contributed by atoms with van der Waals surface area (Å²) in [5.74, 6) is 0.136. The molecule has 2 saturated carbocycles. The van der Waals surface area contributed by atoms with Crippen molar-refractivity contribution >= 4 is 28.2 Å². The number of hydrogen-bond acceptors (Lipinski definition) is 3. The van der Waals surface area contributed by atoms with E-state index in [-0.39, 0.29) is 29.6 Å². The molecule has 0 aliphatic heterocycles. The number of hydrogen-bond donors (Lipinski definition) is 2. The molecule has 2 N–H and O–H groups in total. The van der Waals surface area contributed by atoms with Crippen LogP contribution in [-0.2, 0) is 4.79 Å². The lowest BCUT2D eigenvalue weighted by molar-refractivity contribution is -0.117. The molecule has 0 radical (unpaired) electrons. The van der Waals surface area contributed by atoms with Crippen LogP contribution in [0.15, 0.2) is 36.4 Å². The van der Waals surface area contributed by atoms with Crippen LogP contribution in [0.4, 0.5) is 9.39 Å². The number of amides is 2. The summed E-state index contributed by atoms with van der Waals surface area (Å²) in [5, 5.41) is 6.69. The fourth-order valence-electron chi connectivity index (χ4n) is 3.23. The Morgan fingerprint density at radius 3 is 2.38 bits per heavy atom. The topological polar surface area (TPSA) is 58.2 Å². The van der Waals surface area contributed by atoms with E-state index in [4.69, 9.17) is 0 Å². The monoisotopic (exact) mass is 372 g/mol. The predicted molar refractivity (Wildman–Crippen MR) is 99.6 cm³/mol. The van der Waals surface area contributed by atoms with E-state index in [9.17, 15) is 14.0 Å². The van der Waals surface area contributed by atoms with Crippen molar-refractivity contribution in [2.45, 2.75) is 38.1 Å². The van der Waals surface area contributed by atoms with Crippen LogP contribution in [0.2, 0.25) is 0 Å². The van der Waals surface area contributed by atoms with E-state index in [1.54, 1.807) is 24.3 Å². The molecule has 1 heterocycles. The van der Waals surface area contributed by atoms with E-state index in [0.29, 0.717) is 15.8 Å². The van der Waals surface area contributed by atoms with Crippen molar-refractivity contribution in [3.63, 3.8) is 0 Å². The Labute approximate surface area is 155 Å². The molecule has 2 aromatic rings. The number of rotatable bonds is 6. The van der Waals surface area contributed by atoms with E-state index in [1.807, 2.05) is 0 Å². The van der Waals surface area contributed by atoms with Crippen molar-refractivity contribution < 1.29 is 14.0 Å². The second kappa shape index (κ2) is 7.19. The van der Waals surface area contributed by atoms with Gasteiger partial charge in [-0.2, -0.15) is 0 Å². The molecule has 2 aliphatic carbocycles. The van der Waals surface area contributed by atoms with E-state index in [0.717, 1.165) is 37.7 Å². The van der Waals surface area contributed by atoms with Gasteiger partial charge in [0, 0.05) is 5.92 Å². The minimum absolute atomic E-state index is 0.0393. The number of halogens is 1. The van der Waals surface area contributed by atoms with Crippen LogP contribution in [0.3, 0.4) is 0 Å². The molecule has 4 rings (SSSR count). The van der Waals surface area contributed by atoms with Crippen molar-refractivity contribution in [3.8, 4) is 0 Å². The molecule has 2 amide bonds. The first-order chi connectivity index (χ1) is 12.6. The van der Waals surface area contributed by atoms with Crippen LogP contribution in [0.5, 0.6) is 0 Å². The largest absolute Gasteiger partial charge is 0.344 e. The van der Waals surface area contributed by atoms with Gasteiger partial charge in [0.15, 0.2) is 0 Å². The molecule has 26 heavy (non-hydrogen) atoms. The first-order valence-electron chi connectivity index (χ1n) is 9.07. The smallest absolute Gasteiger partial charge is 0.261 e. The molecule has 1 atom stereocenters. The van der Waals surface area contributed by atoms with Crippen LogP contribution in [0.1, 0.15) is 53.4 Å². The minimum Gasteiger partial charge on any atom is -0.344 e. The average Bonchev–Trinajstić information content (AvgIpc) is 3.33. The summed E-state index contributed by atoms with van der Waals surface area (Å²) in [6, 6.07) is 9.76. The quantitative estimate of drug-likeness (QED) is 0.784. The maximum Gasteiger partial charge on any atom is 0.261 e. The molecular formula is C20H21FN2O2S. The van der Waals surface area contributed by atoms with Crippen molar-refractivity contribution in [2.24, 2.45) is 11.8 Å². The van der Waals surface area contributed by atoms with Gasteiger partial charge in [-0.3, -0.25) is 9.59 Å². The van der Waals surface area contributed by atoms with Gasteiger partial charge < -0.3 is 10.6 Å². The Morgan fingerprint density at radius 1 is 1.04 bits per heavy atom. The van der Waals surface area contributed by atoms with Gasteiger partial charge >= 0.3 is 0 Å². The molecule has 0 saturated heterocycles. The molecule has 2 fully saturated rings. The van der Waals surface area contributed by atoms with E-state index >= 15 is 0 Å². The highest BCUT2D eigenvalue weighted by Gasteiger charge is 2.31. The first-order valence-corrected chi connectivity index (χ1v) is 9.89. The maximum atomic E-state index is 13.2. The minimum atomic E-state index is -0.276. The van der Waals surface area contributed by atoms with Gasteiger partial charge in [-0.1, -0.05) is 18.6 Å². The Hall–Kier alpha value is -2.21. The van der Waals surface area contributed by atoms with Crippen molar-refractivity contribution in [3.05, 3.63) is 52.7 Å². The van der Waals surface area contributed by atoms with Crippen molar-refractivity contribution in [1.29, 1.82) is 0 Å². The summed E-state index contributed by atoms with van der Waals surface area (Å²) in [7, 11) is 0. The zero-order valence-electron chi connectivity index (χ0n) is 14.3. The zero-order valence-corrected chi connectivity index (χ0v) is 15.2. The summed E-state index contributed by atoms with van der Waals surface area (Å²) in [6.45, 7) is 0. The Morgan fingerprint density at radius 2 is 1.77 bits per heavy atom. The lowest BCUT2D eigenvalue weighted by atomic mass is 9.77. The van der Waals surface area contributed by atoms with Gasteiger partial charge in [-0.15, -0.1) is 11.3 Å². The third kappa shape index (κ3) is 3.80. The molecule has 136 valence electrons. The summed E-state index contributed by atoms with van der Waals surface area (Å²) in [4.78, 5) is 25.1. The second-order valence-electron chi connectivity index (χ2n) is 7.12. The van der Waals surface area contributed by atoms with Gasteiger partial charge in [0.1, 0.15) is 5.82 Å². The van der Waals surface area contributed by atoms with E-state index in [1.165, 1.54) is 23.5 Å². The van der Waals surface area contributed by atoms with Gasteiger partial charge in [0.2, 0.25) is 5.91 Å².